The lowest BCUT2D eigenvalue weighted by atomic mass is 10.00. The lowest BCUT2D eigenvalue weighted by Crippen LogP contribution is -2.47. The Balaban J connectivity index is 1.38. The molecule has 37 heavy (non-hydrogen) atoms. The van der Waals surface area contributed by atoms with E-state index in [1.807, 2.05) is 36.4 Å². The molecule has 2 saturated heterocycles. The topological polar surface area (TPSA) is 97.0 Å². The van der Waals surface area contributed by atoms with E-state index in [0.29, 0.717) is 30.0 Å². The molecule has 3 unspecified atom stereocenters. The molecule has 0 spiro atoms. The first-order valence-electron chi connectivity index (χ1n) is 12.5. The van der Waals surface area contributed by atoms with E-state index >= 15 is 0 Å². The molecule has 3 aromatic rings. The minimum absolute atomic E-state index is 0.0282. The third-order valence-electron chi connectivity index (χ3n) is 6.59. The standard InChI is InChI=1S/C29H29N3O5/c33-27(21-11-5-2-6-12-21)31-23-14-7-13-22(17-23)26-25(28(34)30-18-24-15-8-16-36-24)32(29(35)37-26)19-20-9-3-1-4-10-20/h1-7,9-14,17,24-26H,8,15-16,18-19H2,(H,30,34)(H,31,33). The second kappa shape index (κ2) is 11.3. The Morgan fingerprint density at radius 1 is 0.946 bits per heavy atom. The summed E-state index contributed by atoms with van der Waals surface area (Å²) in [6, 6.07) is 24.6. The second-order valence-electron chi connectivity index (χ2n) is 9.19. The molecule has 3 atom stereocenters. The van der Waals surface area contributed by atoms with E-state index in [1.54, 1.807) is 48.5 Å². The Kier molecular flexibility index (Phi) is 7.46. The number of anilines is 1. The molecule has 0 aliphatic carbocycles. The van der Waals surface area contributed by atoms with Crippen LogP contribution >= 0.6 is 0 Å². The van der Waals surface area contributed by atoms with Crippen LogP contribution in [-0.4, -0.2) is 48.1 Å². The highest BCUT2D eigenvalue weighted by Gasteiger charge is 2.47. The fourth-order valence-corrected chi connectivity index (χ4v) is 4.70. The highest BCUT2D eigenvalue weighted by atomic mass is 16.6. The maximum absolute atomic E-state index is 13.5. The fraction of sp³-hybridized carbons (Fsp3) is 0.276. The molecule has 2 aliphatic rings. The Labute approximate surface area is 215 Å². The summed E-state index contributed by atoms with van der Waals surface area (Å²) in [5.41, 5.74) is 2.58. The molecule has 3 amide bonds. The van der Waals surface area contributed by atoms with Crippen molar-refractivity contribution < 1.29 is 23.9 Å². The second-order valence-corrected chi connectivity index (χ2v) is 9.19. The van der Waals surface area contributed by atoms with Gasteiger partial charge in [-0.05, 0) is 48.2 Å². The molecule has 2 N–H and O–H groups in total. The summed E-state index contributed by atoms with van der Waals surface area (Å²) in [6.07, 6.45) is 0.426. The number of cyclic esters (lactones) is 1. The van der Waals surface area contributed by atoms with Crippen molar-refractivity contribution in [1.82, 2.24) is 10.2 Å². The summed E-state index contributed by atoms with van der Waals surface area (Å²) in [7, 11) is 0. The smallest absolute Gasteiger partial charge is 0.411 e. The number of rotatable bonds is 8. The van der Waals surface area contributed by atoms with Gasteiger partial charge in [0.25, 0.3) is 5.91 Å². The SMILES string of the molecule is O=C(Nc1cccc(C2OC(=O)N(Cc3ccccc3)C2C(=O)NCC2CCCO2)c1)c1ccccc1. The first-order chi connectivity index (χ1) is 18.1. The lowest BCUT2D eigenvalue weighted by molar-refractivity contribution is -0.126. The number of amides is 3. The van der Waals surface area contributed by atoms with E-state index in [-0.39, 0.29) is 24.5 Å². The Hall–Kier alpha value is -4.17. The van der Waals surface area contributed by atoms with Crippen LogP contribution in [0.1, 0.15) is 40.4 Å². The molecule has 3 aromatic carbocycles. The van der Waals surface area contributed by atoms with Crippen molar-refractivity contribution >= 4 is 23.6 Å². The maximum atomic E-state index is 13.5. The van der Waals surface area contributed by atoms with Gasteiger partial charge in [0, 0.05) is 24.4 Å². The molecule has 2 fully saturated rings. The Morgan fingerprint density at radius 2 is 1.70 bits per heavy atom. The Bertz CT molecular complexity index is 1240. The van der Waals surface area contributed by atoms with Gasteiger partial charge in [-0.1, -0.05) is 60.7 Å². The fourth-order valence-electron chi connectivity index (χ4n) is 4.70. The van der Waals surface area contributed by atoms with Crippen molar-refractivity contribution in [2.75, 3.05) is 18.5 Å². The minimum Gasteiger partial charge on any atom is -0.438 e. The van der Waals surface area contributed by atoms with Crippen LogP contribution in [0.4, 0.5) is 10.5 Å². The van der Waals surface area contributed by atoms with Gasteiger partial charge in [-0.15, -0.1) is 0 Å². The lowest BCUT2D eigenvalue weighted by Gasteiger charge is -2.25. The average Bonchev–Trinajstić information content (AvgIpc) is 3.57. The van der Waals surface area contributed by atoms with Crippen LogP contribution in [-0.2, 0) is 20.8 Å². The molecule has 190 valence electrons. The molecule has 0 saturated carbocycles. The number of carbonyl (C=O) groups is 3. The summed E-state index contributed by atoms with van der Waals surface area (Å²) >= 11 is 0. The summed E-state index contributed by atoms with van der Waals surface area (Å²) in [4.78, 5) is 40.6. The summed E-state index contributed by atoms with van der Waals surface area (Å²) in [6.45, 7) is 1.30. The predicted octanol–water partition coefficient (Wildman–Crippen LogP) is 4.30. The molecule has 8 nitrogen and oxygen atoms in total. The van der Waals surface area contributed by atoms with E-state index in [0.717, 1.165) is 18.4 Å². The predicted molar refractivity (Wildman–Crippen MR) is 138 cm³/mol. The zero-order valence-corrected chi connectivity index (χ0v) is 20.3. The third kappa shape index (κ3) is 5.81. The largest absolute Gasteiger partial charge is 0.438 e. The number of nitrogens with zero attached hydrogens (tertiary/aromatic N) is 1. The van der Waals surface area contributed by atoms with Crippen LogP contribution in [0.15, 0.2) is 84.9 Å². The number of carbonyl (C=O) groups excluding carboxylic acids is 3. The first kappa shape index (κ1) is 24.5. The van der Waals surface area contributed by atoms with Crippen molar-refractivity contribution in [2.45, 2.75) is 37.6 Å². The van der Waals surface area contributed by atoms with E-state index in [1.165, 1.54) is 4.90 Å². The van der Waals surface area contributed by atoms with E-state index in [4.69, 9.17) is 9.47 Å². The summed E-state index contributed by atoms with van der Waals surface area (Å²) in [5, 5.41) is 5.84. The van der Waals surface area contributed by atoms with Crippen LogP contribution in [0, 0.1) is 0 Å². The van der Waals surface area contributed by atoms with Gasteiger partial charge in [-0.25, -0.2) is 4.79 Å². The molecule has 8 heteroatoms. The normalized spacial score (nSPS) is 20.9. The molecule has 2 aliphatic heterocycles. The van der Waals surface area contributed by atoms with Crippen LogP contribution in [0.3, 0.4) is 0 Å². The third-order valence-corrected chi connectivity index (χ3v) is 6.59. The zero-order valence-electron chi connectivity index (χ0n) is 20.3. The van der Waals surface area contributed by atoms with Gasteiger partial charge in [0.1, 0.15) is 0 Å². The van der Waals surface area contributed by atoms with Crippen molar-refractivity contribution in [3.63, 3.8) is 0 Å². The highest BCUT2D eigenvalue weighted by molar-refractivity contribution is 6.04. The molecule has 0 bridgehead atoms. The first-order valence-corrected chi connectivity index (χ1v) is 12.5. The monoisotopic (exact) mass is 499 g/mol. The van der Waals surface area contributed by atoms with Gasteiger partial charge in [0.2, 0.25) is 5.91 Å². The van der Waals surface area contributed by atoms with Gasteiger partial charge < -0.3 is 20.1 Å². The maximum Gasteiger partial charge on any atom is 0.411 e. The molecule has 5 rings (SSSR count). The van der Waals surface area contributed by atoms with Gasteiger partial charge in [-0.3, -0.25) is 14.5 Å². The Morgan fingerprint density at radius 3 is 2.43 bits per heavy atom. The van der Waals surface area contributed by atoms with Crippen LogP contribution in [0.2, 0.25) is 0 Å². The number of hydrogen-bond donors (Lipinski definition) is 2. The zero-order chi connectivity index (χ0) is 25.6. The number of benzene rings is 3. The van der Waals surface area contributed by atoms with Crippen molar-refractivity contribution in [3.8, 4) is 0 Å². The molecular formula is C29H29N3O5. The van der Waals surface area contributed by atoms with E-state index in [2.05, 4.69) is 10.6 Å². The quantitative estimate of drug-likeness (QED) is 0.482. The highest BCUT2D eigenvalue weighted by Crippen LogP contribution is 2.35. The van der Waals surface area contributed by atoms with Gasteiger partial charge in [0.15, 0.2) is 12.1 Å². The number of hydrogen-bond acceptors (Lipinski definition) is 5. The van der Waals surface area contributed by atoms with Gasteiger partial charge in [-0.2, -0.15) is 0 Å². The minimum atomic E-state index is -0.880. The van der Waals surface area contributed by atoms with Crippen LogP contribution in [0.25, 0.3) is 0 Å². The van der Waals surface area contributed by atoms with Crippen molar-refractivity contribution in [1.29, 1.82) is 0 Å². The van der Waals surface area contributed by atoms with Crippen molar-refractivity contribution in [2.24, 2.45) is 0 Å². The number of nitrogens with one attached hydrogen (secondary N) is 2. The van der Waals surface area contributed by atoms with E-state index in [9.17, 15) is 14.4 Å². The van der Waals surface area contributed by atoms with Crippen molar-refractivity contribution in [3.05, 3.63) is 102 Å². The van der Waals surface area contributed by atoms with Gasteiger partial charge in [0.05, 0.1) is 12.6 Å². The van der Waals surface area contributed by atoms with Gasteiger partial charge >= 0.3 is 6.09 Å². The molecule has 0 aromatic heterocycles. The van der Waals surface area contributed by atoms with Crippen LogP contribution in [0.5, 0.6) is 0 Å². The molecular weight excluding hydrogens is 470 g/mol. The summed E-state index contributed by atoms with van der Waals surface area (Å²) < 4.78 is 11.4. The van der Waals surface area contributed by atoms with Crippen LogP contribution < -0.4 is 10.6 Å². The average molecular weight is 500 g/mol. The molecule has 0 radical (unpaired) electrons. The van der Waals surface area contributed by atoms with E-state index < -0.39 is 18.2 Å². The molecule has 2 heterocycles. The number of ether oxygens (including phenoxy) is 2. The summed E-state index contributed by atoms with van der Waals surface area (Å²) in [5.74, 6) is -0.557.